The van der Waals surface area contributed by atoms with E-state index in [1.54, 1.807) is 18.2 Å². The molecule has 1 amide bonds. The fourth-order valence-electron chi connectivity index (χ4n) is 3.37. The monoisotopic (exact) mass is 423 g/mol. The molecular weight excluding hydrogens is 401 g/mol. The number of halogens is 2. The van der Waals surface area contributed by atoms with Gasteiger partial charge in [0.15, 0.2) is 0 Å². The predicted octanol–water partition coefficient (Wildman–Crippen LogP) is 5.57. The van der Waals surface area contributed by atoms with Crippen LogP contribution in [-0.2, 0) is 17.6 Å². The van der Waals surface area contributed by atoms with E-state index in [9.17, 15) is 9.18 Å². The quantitative estimate of drug-likeness (QED) is 0.343. The molecule has 3 aromatic carbocycles. The number of nitrogen functional groups attached to an aromatic ring is 1. The van der Waals surface area contributed by atoms with E-state index in [0.717, 1.165) is 16.7 Å². The number of carbonyl (C=O) groups is 1. The van der Waals surface area contributed by atoms with Gasteiger partial charge in [0, 0.05) is 21.8 Å². The van der Waals surface area contributed by atoms with Crippen molar-refractivity contribution < 1.29 is 9.18 Å². The lowest BCUT2D eigenvalue weighted by atomic mass is 9.97. The maximum Gasteiger partial charge on any atom is 0.228 e. The molecule has 3 rings (SSSR count). The number of benzene rings is 3. The summed E-state index contributed by atoms with van der Waals surface area (Å²) in [6.07, 6.45) is 0.429. The number of hydrazine groups is 1. The van der Waals surface area contributed by atoms with Gasteiger partial charge in [-0.15, -0.1) is 0 Å². The van der Waals surface area contributed by atoms with Gasteiger partial charge in [0.2, 0.25) is 5.91 Å². The zero-order valence-electron chi connectivity index (χ0n) is 16.6. The molecule has 0 heterocycles. The van der Waals surface area contributed by atoms with Crippen LogP contribution in [0.2, 0.25) is 5.02 Å². The van der Waals surface area contributed by atoms with E-state index in [1.165, 1.54) is 12.1 Å². The number of hydrogen-bond donors (Lipinski definition) is 3. The average molecular weight is 424 g/mol. The normalized spacial score (nSPS) is 10.5. The zero-order chi connectivity index (χ0) is 21.7. The summed E-state index contributed by atoms with van der Waals surface area (Å²) in [6, 6.07) is 17.7. The van der Waals surface area contributed by atoms with E-state index in [4.69, 9.17) is 17.4 Å². The molecule has 6 heteroatoms. The molecule has 0 atom stereocenters. The second kappa shape index (κ2) is 9.57. The molecule has 0 aliphatic heterocycles. The van der Waals surface area contributed by atoms with E-state index < -0.39 is 5.82 Å². The molecule has 0 saturated carbocycles. The summed E-state index contributed by atoms with van der Waals surface area (Å²) in [6.45, 7) is 6.04. The van der Waals surface area contributed by atoms with Crippen LogP contribution in [0.25, 0.3) is 5.57 Å². The minimum Gasteiger partial charge on any atom is -0.326 e. The molecule has 0 radical (unpaired) electrons. The Balaban J connectivity index is 1.85. The van der Waals surface area contributed by atoms with E-state index in [0.29, 0.717) is 33.9 Å². The first-order chi connectivity index (χ1) is 14.4. The van der Waals surface area contributed by atoms with Crippen molar-refractivity contribution in [1.82, 2.24) is 0 Å². The molecule has 0 aliphatic rings. The predicted molar refractivity (Wildman–Crippen MR) is 122 cm³/mol. The van der Waals surface area contributed by atoms with Crippen LogP contribution in [0.4, 0.5) is 15.8 Å². The molecule has 4 nitrogen and oxygen atoms in total. The third kappa shape index (κ3) is 4.70. The Hall–Kier alpha value is -3.15. The Morgan fingerprint density at radius 2 is 1.83 bits per heavy atom. The smallest absolute Gasteiger partial charge is 0.228 e. The van der Waals surface area contributed by atoms with Crippen molar-refractivity contribution in [2.24, 2.45) is 5.84 Å². The van der Waals surface area contributed by atoms with Crippen molar-refractivity contribution in [3.63, 3.8) is 0 Å². The van der Waals surface area contributed by atoms with Crippen molar-refractivity contribution in [2.45, 2.75) is 19.8 Å². The Morgan fingerprint density at radius 1 is 1.10 bits per heavy atom. The van der Waals surface area contributed by atoms with Crippen LogP contribution in [0.5, 0.6) is 0 Å². The average Bonchev–Trinajstić information content (AvgIpc) is 2.76. The molecular formula is C24H23ClFN3O. The SMILES string of the molecule is C=C(c1ccccc1)c1cc(NC(=O)Cc2c(F)ccc(Cl)c2CC)ccc1NN. The summed E-state index contributed by atoms with van der Waals surface area (Å²) in [5.74, 6) is 4.87. The van der Waals surface area contributed by atoms with Crippen LogP contribution in [-0.4, -0.2) is 5.91 Å². The van der Waals surface area contributed by atoms with Crippen molar-refractivity contribution >= 4 is 34.5 Å². The minimum atomic E-state index is -0.438. The summed E-state index contributed by atoms with van der Waals surface area (Å²) in [5, 5.41) is 3.29. The molecule has 154 valence electrons. The topological polar surface area (TPSA) is 67.2 Å². The molecule has 0 fully saturated rings. The molecule has 0 saturated heterocycles. The van der Waals surface area contributed by atoms with Crippen LogP contribution in [0.15, 0.2) is 67.2 Å². The van der Waals surface area contributed by atoms with Gasteiger partial charge in [0.1, 0.15) is 5.82 Å². The lowest BCUT2D eigenvalue weighted by Gasteiger charge is -2.15. The number of nitrogens with one attached hydrogen (secondary N) is 2. The fourth-order valence-corrected chi connectivity index (χ4v) is 3.68. The van der Waals surface area contributed by atoms with E-state index in [2.05, 4.69) is 17.3 Å². The van der Waals surface area contributed by atoms with Gasteiger partial charge >= 0.3 is 0 Å². The van der Waals surface area contributed by atoms with Gasteiger partial charge in [-0.25, -0.2) is 4.39 Å². The first kappa shape index (κ1) is 21.6. The lowest BCUT2D eigenvalue weighted by molar-refractivity contribution is -0.115. The highest BCUT2D eigenvalue weighted by atomic mass is 35.5. The summed E-state index contributed by atoms with van der Waals surface area (Å²) in [5.41, 5.74) is 7.31. The highest BCUT2D eigenvalue weighted by Gasteiger charge is 2.16. The first-order valence-corrected chi connectivity index (χ1v) is 9.93. The van der Waals surface area contributed by atoms with Gasteiger partial charge in [-0.2, -0.15) is 0 Å². The minimum absolute atomic E-state index is 0.110. The summed E-state index contributed by atoms with van der Waals surface area (Å²) in [7, 11) is 0. The summed E-state index contributed by atoms with van der Waals surface area (Å²) in [4.78, 5) is 12.6. The van der Waals surface area contributed by atoms with Gasteiger partial charge in [0.25, 0.3) is 0 Å². The Kier molecular flexibility index (Phi) is 6.87. The highest BCUT2D eigenvalue weighted by Crippen LogP contribution is 2.30. The van der Waals surface area contributed by atoms with Gasteiger partial charge < -0.3 is 10.7 Å². The zero-order valence-corrected chi connectivity index (χ0v) is 17.4. The maximum absolute atomic E-state index is 14.3. The molecule has 0 aromatic heterocycles. The number of amides is 1. The number of carbonyl (C=O) groups excluding carboxylic acids is 1. The van der Waals surface area contributed by atoms with E-state index >= 15 is 0 Å². The van der Waals surface area contributed by atoms with Gasteiger partial charge in [-0.1, -0.05) is 55.4 Å². The van der Waals surface area contributed by atoms with Gasteiger partial charge in [0.05, 0.1) is 12.1 Å². The molecule has 0 unspecified atom stereocenters. The largest absolute Gasteiger partial charge is 0.326 e. The standard InChI is InChI=1S/C24H23ClFN3O/c1-3-18-20(22(26)11-10-21(18)25)14-24(30)28-17-9-12-23(29-27)19(13-17)15(2)16-7-5-4-6-8-16/h4-13,29H,2-3,14,27H2,1H3,(H,28,30). The van der Waals surface area contributed by atoms with Gasteiger partial charge in [-0.05, 0) is 53.5 Å². The van der Waals surface area contributed by atoms with Crippen molar-refractivity contribution in [3.8, 4) is 0 Å². The van der Waals surface area contributed by atoms with E-state index in [-0.39, 0.29) is 12.3 Å². The van der Waals surface area contributed by atoms with E-state index in [1.807, 2.05) is 37.3 Å². The maximum atomic E-state index is 14.3. The highest BCUT2D eigenvalue weighted by molar-refractivity contribution is 6.31. The molecule has 0 aliphatic carbocycles. The second-order valence-electron chi connectivity index (χ2n) is 6.81. The van der Waals surface area contributed by atoms with Gasteiger partial charge in [-0.3, -0.25) is 10.6 Å². The molecule has 0 spiro atoms. The van der Waals surface area contributed by atoms with Crippen molar-refractivity contribution in [2.75, 3.05) is 10.7 Å². The van der Waals surface area contributed by atoms with Crippen molar-refractivity contribution in [1.29, 1.82) is 0 Å². The Labute approximate surface area is 180 Å². The first-order valence-electron chi connectivity index (χ1n) is 9.55. The molecule has 0 bridgehead atoms. The molecule has 30 heavy (non-hydrogen) atoms. The van der Waals surface area contributed by atoms with Crippen LogP contribution >= 0.6 is 11.6 Å². The summed E-state index contributed by atoms with van der Waals surface area (Å²) >= 11 is 6.17. The van der Waals surface area contributed by atoms with Crippen LogP contribution < -0.4 is 16.6 Å². The fraction of sp³-hybridized carbons (Fsp3) is 0.125. The third-order valence-corrected chi connectivity index (χ3v) is 5.27. The number of rotatable bonds is 7. The third-order valence-electron chi connectivity index (χ3n) is 4.91. The molecule has 3 aromatic rings. The van der Waals surface area contributed by atoms with Crippen LogP contribution in [0.1, 0.15) is 29.2 Å². The van der Waals surface area contributed by atoms with Crippen LogP contribution in [0.3, 0.4) is 0 Å². The number of nitrogens with two attached hydrogens (primary N) is 1. The van der Waals surface area contributed by atoms with Crippen LogP contribution in [0, 0.1) is 5.82 Å². The summed E-state index contributed by atoms with van der Waals surface area (Å²) < 4.78 is 14.3. The Bertz CT molecular complexity index is 1080. The van der Waals surface area contributed by atoms with Crippen molar-refractivity contribution in [3.05, 3.63) is 100 Å². The Morgan fingerprint density at radius 3 is 2.50 bits per heavy atom. The second-order valence-corrected chi connectivity index (χ2v) is 7.22. The molecule has 4 N–H and O–H groups in total. The lowest BCUT2D eigenvalue weighted by Crippen LogP contribution is -2.17. The number of anilines is 2. The number of hydrogen-bond acceptors (Lipinski definition) is 3.